The number of ether oxygens (including phenoxy) is 2. The fourth-order valence-electron chi connectivity index (χ4n) is 5.58. The summed E-state index contributed by atoms with van der Waals surface area (Å²) >= 11 is 0. The lowest BCUT2D eigenvalue weighted by Gasteiger charge is -2.50. The summed E-state index contributed by atoms with van der Waals surface area (Å²) in [6, 6.07) is 0. The second-order valence-electron chi connectivity index (χ2n) is 7.76. The van der Waals surface area contributed by atoms with Crippen LogP contribution in [0.15, 0.2) is 0 Å². The van der Waals surface area contributed by atoms with Gasteiger partial charge >= 0.3 is 12.2 Å². The first-order valence-corrected chi connectivity index (χ1v) is 9.83. The summed E-state index contributed by atoms with van der Waals surface area (Å²) in [6.07, 6.45) is 9.02. The minimum Gasteiger partial charge on any atom is -0.446 e. The molecule has 0 heterocycles. The van der Waals surface area contributed by atoms with Crippen LogP contribution in [0.2, 0.25) is 0 Å². The zero-order valence-corrected chi connectivity index (χ0v) is 15.7. The van der Waals surface area contributed by atoms with Gasteiger partial charge < -0.3 is 20.9 Å². The number of rotatable bonds is 6. The Bertz CT molecular complexity index is 410. The monoisotopic (exact) mass is 354 g/mol. The van der Waals surface area contributed by atoms with Crippen molar-refractivity contribution in [2.45, 2.75) is 90.3 Å². The highest BCUT2D eigenvalue weighted by atomic mass is 16.6. The number of primary amides is 2. The van der Waals surface area contributed by atoms with E-state index in [0.29, 0.717) is 17.3 Å². The second-order valence-corrected chi connectivity index (χ2v) is 7.76. The summed E-state index contributed by atoms with van der Waals surface area (Å²) in [4.78, 5) is 21.9. The number of carbonyl (C=O) groups is 2. The molecule has 25 heavy (non-hydrogen) atoms. The van der Waals surface area contributed by atoms with Crippen molar-refractivity contribution in [3.8, 4) is 0 Å². The molecule has 2 fully saturated rings. The van der Waals surface area contributed by atoms with Gasteiger partial charge in [0.1, 0.15) is 12.2 Å². The molecule has 2 aliphatic rings. The highest BCUT2D eigenvalue weighted by Crippen LogP contribution is 2.53. The molecule has 0 atom stereocenters. The minimum absolute atomic E-state index is 0.0140. The molecule has 0 aromatic carbocycles. The Morgan fingerprint density at radius 3 is 1.32 bits per heavy atom. The molecule has 2 aliphatic carbocycles. The molecule has 0 radical (unpaired) electrons. The predicted molar refractivity (Wildman–Crippen MR) is 95.8 cm³/mol. The first-order valence-electron chi connectivity index (χ1n) is 9.83. The summed E-state index contributed by atoms with van der Waals surface area (Å²) < 4.78 is 10.4. The SMILES string of the molecule is CCC(CC)(C1CCC(OC(N)=O)CC1)C1CCC(OC(N)=O)CC1. The van der Waals surface area contributed by atoms with E-state index in [1.165, 1.54) is 12.8 Å². The molecular weight excluding hydrogens is 320 g/mol. The van der Waals surface area contributed by atoms with Crippen molar-refractivity contribution in [2.24, 2.45) is 28.7 Å². The van der Waals surface area contributed by atoms with Crippen molar-refractivity contribution in [2.75, 3.05) is 0 Å². The topological polar surface area (TPSA) is 105 Å². The van der Waals surface area contributed by atoms with E-state index in [0.717, 1.165) is 51.4 Å². The Morgan fingerprint density at radius 2 is 1.08 bits per heavy atom. The zero-order valence-electron chi connectivity index (χ0n) is 15.7. The van der Waals surface area contributed by atoms with Gasteiger partial charge in [0, 0.05) is 0 Å². The minimum atomic E-state index is -0.659. The second kappa shape index (κ2) is 8.77. The van der Waals surface area contributed by atoms with Gasteiger partial charge in [-0.25, -0.2) is 9.59 Å². The maximum Gasteiger partial charge on any atom is 0.404 e. The van der Waals surface area contributed by atoms with Gasteiger partial charge in [-0.15, -0.1) is 0 Å². The number of carbonyl (C=O) groups excluding carboxylic acids is 2. The zero-order chi connectivity index (χ0) is 18.4. The third-order valence-corrected chi connectivity index (χ3v) is 6.86. The van der Waals surface area contributed by atoms with Crippen molar-refractivity contribution < 1.29 is 19.1 Å². The van der Waals surface area contributed by atoms with Gasteiger partial charge in [0.15, 0.2) is 0 Å². The van der Waals surface area contributed by atoms with Gasteiger partial charge in [0.25, 0.3) is 0 Å². The van der Waals surface area contributed by atoms with Crippen LogP contribution < -0.4 is 11.5 Å². The van der Waals surface area contributed by atoms with Crippen LogP contribution in [0, 0.1) is 17.3 Å². The molecule has 0 spiro atoms. The van der Waals surface area contributed by atoms with E-state index in [9.17, 15) is 9.59 Å². The van der Waals surface area contributed by atoms with Crippen LogP contribution in [0.1, 0.15) is 78.1 Å². The predicted octanol–water partition coefficient (Wildman–Crippen LogP) is 4.10. The Kier molecular flexibility index (Phi) is 6.96. The van der Waals surface area contributed by atoms with E-state index in [-0.39, 0.29) is 12.2 Å². The van der Waals surface area contributed by atoms with Crippen molar-refractivity contribution in [3.63, 3.8) is 0 Å². The fraction of sp³-hybridized carbons (Fsp3) is 0.895. The number of nitrogens with two attached hydrogens (primary N) is 2. The highest BCUT2D eigenvalue weighted by Gasteiger charge is 2.45. The van der Waals surface area contributed by atoms with E-state index in [1.54, 1.807) is 0 Å². The van der Waals surface area contributed by atoms with Crippen LogP contribution >= 0.6 is 0 Å². The van der Waals surface area contributed by atoms with Crippen LogP contribution in [0.5, 0.6) is 0 Å². The largest absolute Gasteiger partial charge is 0.446 e. The molecule has 0 saturated heterocycles. The lowest BCUT2D eigenvalue weighted by atomic mass is 9.56. The van der Waals surface area contributed by atoms with Gasteiger partial charge in [-0.1, -0.05) is 13.8 Å². The Labute approximate surface area is 151 Å². The van der Waals surface area contributed by atoms with Gasteiger partial charge in [0.2, 0.25) is 0 Å². The molecule has 4 N–H and O–H groups in total. The third kappa shape index (κ3) is 4.79. The van der Waals surface area contributed by atoms with Crippen LogP contribution in [0.3, 0.4) is 0 Å². The lowest BCUT2D eigenvalue weighted by Crippen LogP contribution is -2.43. The van der Waals surface area contributed by atoms with E-state index in [1.807, 2.05) is 0 Å². The van der Waals surface area contributed by atoms with Crippen molar-refractivity contribution in [1.29, 1.82) is 0 Å². The summed E-state index contributed by atoms with van der Waals surface area (Å²) in [5.74, 6) is 1.32. The van der Waals surface area contributed by atoms with Crippen molar-refractivity contribution in [1.82, 2.24) is 0 Å². The van der Waals surface area contributed by atoms with Gasteiger partial charge in [-0.05, 0) is 81.5 Å². The van der Waals surface area contributed by atoms with Crippen molar-refractivity contribution >= 4 is 12.2 Å². The molecule has 2 rings (SSSR count). The molecule has 0 bridgehead atoms. The molecule has 144 valence electrons. The number of hydrogen-bond donors (Lipinski definition) is 2. The fourth-order valence-corrected chi connectivity index (χ4v) is 5.58. The van der Waals surface area contributed by atoms with E-state index in [2.05, 4.69) is 13.8 Å². The molecular formula is C19H34N2O4. The van der Waals surface area contributed by atoms with Crippen LogP contribution in [0.25, 0.3) is 0 Å². The van der Waals surface area contributed by atoms with E-state index < -0.39 is 12.2 Å². The van der Waals surface area contributed by atoms with Gasteiger partial charge in [0.05, 0.1) is 0 Å². The lowest BCUT2D eigenvalue weighted by molar-refractivity contribution is -0.0296. The Hall–Kier alpha value is -1.46. The third-order valence-electron chi connectivity index (χ3n) is 6.86. The van der Waals surface area contributed by atoms with Gasteiger partial charge in [-0.3, -0.25) is 0 Å². The molecule has 6 nitrogen and oxygen atoms in total. The Balaban J connectivity index is 1.97. The standard InChI is InChI=1S/C19H34N2O4/c1-3-19(4-2,13-5-9-15(10-6-13)24-17(20)22)14-7-11-16(12-8-14)25-18(21)23/h13-16H,3-12H2,1-2H3,(H2,20,22)(H2,21,23). The Morgan fingerprint density at radius 1 is 0.760 bits per heavy atom. The average Bonchev–Trinajstić information content (AvgIpc) is 2.58. The van der Waals surface area contributed by atoms with Crippen LogP contribution in [-0.4, -0.2) is 24.4 Å². The smallest absolute Gasteiger partial charge is 0.404 e. The normalized spacial score (nSPS) is 30.5. The summed E-state index contributed by atoms with van der Waals surface area (Å²) in [5.41, 5.74) is 10.6. The van der Waals surface area contributed by atoms with Crippen molar-refractivity contribution in [3.05, 3.63) is 0 Å². The average molecular weight is 354 g/mol. The van der Waals surface area contributed by atoms with E-state index >= 15 is 0 Å². The number of amides is 2. The summed E-state index contributed by atoms with van der Waals surface area (Å²) in [7, 11) is 0. The maximum absolute atomic E-state index is 11.0. The summed E-state index contributed by atoms with van der Waals surface area (Å²) in [5, 5.41) is 0. The maximum atomic E-state index is 11.0. The molecule has 0 unspecified atom stereocenters. The summed E-state index contributed by atoms with van der Waals surface area (Å²) in [6.45, 7) is 4.61. The molecule has 2 amide bonds. The molecule has 0 aliphatic heterocycles. The molecule has 6 heteroatoms. The molecule has 2 saturated carbocycles. The highest BCUT2D eigenvalue weighted by molar-refractivity contribution is 5.65. The van der Waals surface area contributed by atoms with Crippen LogP contribution in [-0.2, 0) is 9.47 Å². The van der Waals surface area contributed by atoms with Gasteiger partial charge in [-0.2, -0.15) is 0 Å². The number of hydrogen-bond acceptors (Lipinski definition) is 4. The molecule has 0 aromatic rings. The van der Waals surface area contributed by atoms with E-state index in [4.69, 9.17) is 20.9 Å². The first-order chi connectivity index (χ1) is 11.9. The first kappa shape index (κ1) is 19.9. The quantitative estimate of drug-likeness (QED) is 0.749. The molecule has 0 aromatic heterocycles. The van der Waals surface area contributed by atoms with Crippen LogP contribution in [0.4, 0.5) is 9.59 Å².